The van der Waals surface area contributed by atoms with E-state index in [2.05, 4.69) is 44.6 Å². The number of ether oxygens (including phenoxy) is 4. The van der Waals surface area contributed by atoms with E-state index in [1.807, 2.05) is 83.1 Å². The molecule has 0 N–H and O–H groups in total. The summed E-state index contributed by atoms with van der Waals surface area (Å²) in [6.45, 7) is 27.5. The van der Waals surface area contributed by atoms with Crippen molar-refractivity contribution in [3.63, 3.8) is 0 Å². The van der Waals surface area contributed by atoms with Crippen LogP contribution in [-0.4, -0.2) is 65.6 Å². The van der Waals surface area contributed by atoms with Gasteiger partial charge in [0.2, 0.25) is 0 Å². The zero-order valence-corrected chi connectivity index (χ0v) is 31.1. The van der Waals surface area contributed by atoms with Crippen molar-refractivity contribution in [3.8, 4) is 23.0 Å². The maximum atomic E-state index is 11.7. The van der Waals surface area contributed by atoms with Gasteiger partial charge in [0.05, 0.1) is 66.9 Å². The molecule has 0 saturated carbocycles. The van der Waals surface area contributed by atoms with Gasteiger partial charge in [-0.25, -0.2) is 39.9 Å². The Balaban J connectivity index is 0.000000617. The molecule has 4 aromatic heterocycles. The number of halogens is 3. The van der Waals surface area contributed by atoms with Gasteiger partial charge in [0.15, 0.2) is 23.0 Å². The summed E-state index contributed by atoms with van der Waals surface area (Å²) in [4.78, 5) is 31.9. The third-order valence-electron chi connectivity index (χ3n) is 5.41. The largest absolute Gasteiger partial charge is 0.573 e. The second kappa shape index (κ2) is 22.8. The average molecular weight is 693 g/mol. The van der Waals surface area contributed by atoms with Crippen molar-refractivity contribution >= 4 is 0 Å². The fourth-order valence-electron chi connectivity index (χ4n) is 3.48. The average Bonchev–Trinajstić information content (AvgIpc) is 3.00. The maximum Gasteiger partial charge on any atom is 0.573 e. The minimum atomic E-state index is -4.69. The van der Waals surface area contributed by atoms with Crippen molar-refractivity contribution in [1.82, 2.24) is 39.9 Å². The molecule has 4 rings (SSSR count). The second-order valence-corrected chi connectivity index (χ2v) is 10.0. The number of alkyl halides is 3. The second-order valence-electron chi connectivity index (χ2n) is 10.0. The third-order valence-corrected chi connectivity index (χ3v) is 5.41. The molecule has 0 aromatic carbocycles. The standard InChI is InChI=1S/C9H14N2O.2C8H12N2O.C7H7F3N2O.C2H6/c1-6(2)12-9-5-10-8(4)11-7(9)3;2*1-4-11-8-5-9-7(3)10-6(8)2;1-4-6(13-7(8,9)10)3-11-5(2)12-4;1-2/h5-6H,1-4H3;2*5H,4H2,1-3H3;3H,1-2H3;1-2H3. The van der Waals surface area contributed by atoms with Gasteiger partial charge in [-0.3, -0.25) is 0 Å². The molecule has 0 spiro atoms. The first kappa shape index (κ1) is 44.3. The lowest BCUT2D eigenvalue weighted by Crippen LogP contribution is -2.18. The normalized spacial score (nSPS) is 10.1. The van der Waals surface area contributed by atoms with Crippen LogP contribution in [0.2, 0.25) is 0 Å². The molecule has 0 bridgehead atoms. The fraction of sp³-hybridized carbons (Fsp3) is 0.529. The summed E-state index contributed by atoms with van der Waals surface area (Å²) >= 11 is 0. The van der Waals surface area contributed by atoms with Gasteiger partial charge in [-0.05, 0) is 83.1 Å². The highest BCUT2D eigenvalue weighted by Crippen LogP contribution is 2.23. The lowest BCUT2D eigenvalue weighted by atomic mass is 10.4. The Kier molecular flexibility index (Phi) is 20.6. The molecule has 0 atom stereocenters. The molecule has 272 valence electrons. The lowest BCUT2D eigenvalue weighted by molar-refractivity contribution is -0.275. The molecule has 49 heavy (non-hydrogen) atoms. The topological polar surface area (TPSA) is 140 Å². The van der Waals surface area contributed by atoms with Crippen LogP contribution in [0, 0.1) is 55.4 Å². The van der Waals surface area contributed by atoms with E-state index in [1.54, 1.807) is 25.5 Å². The van der Waals surface area contributed by atoms with E-state index in [1.165, 1.54) is 6.92 Å². The van der Waals surface area contributed by atoms with Crippen LogP contribution in [0.4, 0.5) is 13.2 Å². The van der Waals surface area contributed by atoms with Crippen LogP contribution in [0.1, 0.15) is 87.6 Å². The van der Waals surface area contributed by atoms with Crippen LogP contribution < -0.4 is 18.9 Å². The number of rotatable bonds is 7. The molecule has 12 nitrogen and oxygen atoms in total. The SMILES string of the molecule is CC.CCOc1cnc(C)nc1C.CCOc1cnc(C)nc1C.Cc1ncc(OC(C)C)c(C)n1.Cc1ncc(OC(F)(F)F)c(C)n1. The molecule has 0 unspecified atom stereocenters. The maximum absolute atomic E-state index is 11.7. The van der Waals surface area contributed by atoms with Crippen molar-refractivity contribution in [2.24, 2.45) is 0 Å². The van der Waals surface area contributed by atoms with Gasteiger partial charge in [0.25, 0.3) is 0 Å². The summed E-state index contributed by atoms with van der Waals surface area (Å²) in [6, 6.07) is 0. The minimum absolute atomic E-state index is 0.171. The summed E-state index contributed by atoms with van der Waals surface area (Å²) < 4.78 is 54.9. The van der Waals surface area contributed by atoms with Crippen molar-refractivity contribution in [3.05, 3.63) is 70.9 Å². The molecule has 0 aliphatic rings. The van der Waals surface area contributed by atoms with E-state index in [4.69, 9.17) is 14.2 Å². The molecule has 0 fully saturated rings. The van der Waals surface area contributed by atoms with Gasteiger partial charge in [0.1, 0.15) is 23.3 Å². The number of aryl methyl sites for hydroxylation is 8. The predicted molar refractivity (Wildman–Crippen MR) is 182 cm³/mol. The highest BCUT2D eigenvalue weighted by molar-refractivity contribution is 5.25. The van der Waals surface area contributed by atoms with Crippen LogP contribution >= 0.6 is 0 Å². The van der Waals surface area contributed by atoms with E-state index in [0.29, 0.717) is 19.0 Å². The molecule has 0 aliphatic carbocycles. The molecule has 0 saturated heterocycles. The third kappa shape index (κ3) is 19.0. The first-order valence-electron chi connectivity index (χ1n) is 15.8. The van der Waals surface area contributed by atoms with E-state index < -0.39 is 6.36 Å². The minimum Gasteiger partial charge on any atom is -0.490 e. The van der Waals surface area contributed by atoms with Crippen molar-refractivity contribution < 1.29 is 32.1 Å². The molecule has 0 radical (unpaired) electrons. The van der Waals surface area contributed by atoms with Gasteiger partial charge >= 0.3 is 6.36 Å². The summed E-state index contributed by atoms with van der Waals surface area (Å²) in [5, 5.41) is 0. The Bertz CT molecular complexity index is 1490. The van der Waals surface area contributed by atoms with Crippen LogP contribution in [0.25, 0.3) is 0 Å². The van der Waals surface area contributed by atoms with E-state index >= 15 is 0 Å². The molecular weight excluding hydrogens is 641 g/mol. The van der Waals surface area contributed by atoms with Crippen LogP contribution in [0.3, 0.4) is 0 Å². The van der Waals surface area contributed by atoms with Gasteiger partial charge < -0.3 is 18.9 Å². The zero-order chi connectivity index (χ0) is 37.7. The number of aromatic nitrogens is 8. The summed E-state index contributed by atoms with van der Waals surface area (Å²) in [5.41, 5.74) is 2.87. The Morgan fingerprint density at radius 3 is 1.06 bits per heavy atom. The monoisotopic (exact) mass is 692 g/mol. The Hall–Kier alpha value is -4.69. The number of hydrogen-bond donors (Lipinski definition) is 0. The summed E-state index contributed by atoms with van der Waals surface area (Å²) in [7, 11) is 0. The summed E-state index contributed by atoms with van der Waals surface area (Å²) in [5.74, 6) is 4.72. The zero-order valence-electron chi connectivity index (χ0n) is 31.1. The highest BCUT2D eigenvalue weighted by atomic mass is 19.4. The molecule has 0 aliphatic heterocycles. The lowest BCUT2D eigenvalue weighted by Gasteiger charge is -2.10. The van der Waals surface area contributed by atoms with Crippen LogP contribution in [-0.2, 0) is 0 Å². The summed E-state index contributed by atoms with van der Waals surface area (Å²) in [6.07, 6.45) is 1.63. The van der Waals surface area contributed by atoms with E-state index in [9.17, 15) is 13.2 Å². The molecule has 0 amide bonds. The van der Waals surface area contributed by atoms with Gasteiger partial charge in [-0.2, -0.15) is 0 Å². The predicted octanol–water partition coefficient (Wildman–Crippen LogP) is 7.88. The quantitative estimate of drug-likeness (QED) is 0.186. The van der Waals surface area contributed by atoms with Crippen LogP contribution in [0.5, 0.6) is 23.0 Å². The van der Waals surface area contributed by atoms with Crippen molar-refractivity contribution in [2.45, 2.75) is 109 Å². The Morgan fingerprint density at radius 1 is 0.531 bits per heavy atom. The number of nitrogens with zero attached hydrogens (tertiary/aromatic N) is 8. The first-order valence-corrected chi connectivity index (χ1v) is 15.8. The smallest absolute Gasteiger partial charge is 0.490 e. The van der Waals surface area contributed by atoms with Gasteiger partial charge in [0, 0.05) is 0 Å². The Labute approximate surface area is 288 Å². The Morgan fingerprint density at radius 2 is 0.816 bits per heavy atom. The van der Waals surface area contributed by atoms with Gasteiger partial charge in [-0.15, -0.1) is 13.2 Å². The number of hydrogen-bond acceptors (Lipinski definition) is 12. The first-order chi connectivity index (χ1) is 22.9. The van der Waals surface area contributed by atoms with Gasteiger partial charge in [-0.1, -0.05) is 13.8 Å². The van der Waals surface area contributed by atoms with E-state index in [-0.39, 0.29) is 17.5 Å². The molecular formula is C34H51F3N8O4. The van der Waals surface area contributed by atoms with Crippen molar-refractivity contribution in [1.29, 1.82) is 0 Å². The van der Waals surface area contributed by atoms with E-state index in [0.717, 1.165) is 58.0 Å². The van der Waals surface area contributed by atoms with Crippen molar-refractivity contribution in [2.75, 3.05) is 13.2 Å². The molecule has 15 heteroatoms. The molecule has 4 aromatic rings. The van der Waals surface area contributed by atoms with Crippen LogP contribution in [0.15, 0.2) is 24.8 Å². The fourth-order valence-corrected chi connectivity index (χ4v) is 3.48. The molecule has 4 heterocycles. The highest BCUT2D eigenvalue weighted by Gasteiger charge is 2.32.